The van der Waals surface area contributed by atoms with E-state index in [4.69, 9.17) is 0 Å². The zero-order chi connectivity index (χ0) is 13.1. The standard InChI is InChI=1S/C15H24N4/c1-2-8-16-12-6-9-19(10-7-12)15-13-4-3-5-14(13)17-11-18-15/h11-12,16H,2-10H2,1H3. The van der Waals surface area contributed by atoms with Crippen molar-refractivity contribution in [2.24, 2.45) is 0 Å². The molecule has 0 amide bonds. The summed E-state index contributed by atoms with van der Waals surface area (Å²) in [7, 11) is 0. The van der Waals surface area contributed by atoms with Crippen LogP contribution < -0.4 is 10.2 Å². The molecule has 1 N–H and O–H groups in total. The van der Waals surface area contributed by atoms with Gasteiger partial charge >= 0.3 is 0 Å². The lowest BCUT2D eigenvalue weighted by molar-refractivity contribution is 0.414. The molecule has 1 aromatic rings. The maximum absolute atomic E-state index is 4.56. The van der Waals surface area contributed by atoms with Crippen molar-refractivity contribution in [2.45, 2.75) is 51.5 Å². The molecular formula is C15H24N4. The maximum Gasteiger partial charge on any atom is 0.135 e. The van der Waals surface area contributed by atoms with E-state index in [9.17, 15) is 0 Å². The Morgan fingerprint density at radius 1 is 1.26 bits per heavy atom. The second-order valence-electron chi connectivity index (χ2n) is 5.69. The van der Waals surface area contributed by atoms with Crippen molar-refractivity contribution in [1.82, 2.24) is 15.3 Å². The fraction of sp³-hybridized carbons (Fsp3) is 0.733. The van der Waals surface area contributed by atoms with Crippen molar-refractivity contribution < 1.29 is 0 Å². The van der Waals surface area contributed by atoms with Crippen LogP contribution in [0.2, 0.25) is 0 Å². The molecule has 1 fully saturated rings. The first kappa shape index (κ1) is 12.9. The van der Waals surface area contributed by atoms with E-state index in [0.717, 1.165) is 26.1 Å². The fourth-order valence-corrected chi connectivity index (χ4v) is 3.26. The van der Waals surface area contributed by atoms with Gasteiger partial charge in [-0.2, -0.15) is 0 Å². The highest BCUT2D eigenvalue weighted by Crippen LogP contribution is 2.29. The van der Waals surface area contributed by atoms with Gasteiger partial charge in [0.15, 0.2) is 0 Å². The number of nitrogens with zero attached hydrogens (tertiary/aromatic N) is 3. The van der Waals surface area contributed by atoms with Gasteiger partial charge in [0.2, 0.25) is 0 Å². The summed E-state index contributed by atoms with van der Waals surface area (Å²) in [5, 5.41) is 3.64. The topological polar surface area (TPSA) is 41.0 Å². The van der Waals surface area contributed by atoms with Gasteiger partial charge in [0.05, 0.1) is 0 Å². The number of fused-ring (bicyclic) bond motifs is 1. The van der Waals surface area contributed by atoms with Crippen molar-refractivity contribution in [3.63, 3.8) is 0 Å². The van der Waals surface area contributed by atoms with Crippen LogP contribution in [0, 0.1) is 0 Å². The van der Waals surface area contributed by atoms with Gasteiger partial charge in [-0.05, 0) is 45.1 Å². The lowest BCUT2D eigenvalue weighted by Crippen LogP contribution is -2.43. The molecule has 1 aromatic heterocycles. The molecule has 0 saturated carbocycles. The summed E-state index contributed by atoms with van der Waals surface area (Å²) in [6, 6.07) is 0.700. The largest absolute Gasteiger partial charge is 0.356 e. The average molecular weight is 260 g/mol. The molecule has 3 rings (SSSR count). The number of aryl methyl sites for hydroxylation is 1. The first-order valence-corrected chi connectivity index (χ1v) is 7.69. The highest BCUT2D eigenvalue weighted by molar-refractivity contribution is 5.50. The number of nitrogens with one attached hydrogen (secondary N) is 1. The van der Waals surface area contributed by atoms with Crippen LogP contribution in [-0.2, 0) is 12.8 Å². The third-order valence-electron chi connectivity index (χ3n) is 4.33. The minimum absolute atomic E-state index is 0.700. The SMILES string of the molecule is CCCNC1CCN(c2ncnc3c2CCC3)CC1. The predicted octanol–water partition coefficient (Wildman–Crippen LogP) is 1.93. The zero-order valence-corrected chi connectivity index (χ0v) is 11.9. The molecule has 1 aliphatic carbocycles. The third kappa shape index (κ3) is 2.73. The monoisotopic (exact) mass is 260 g/mol. The van der Waals surface area contributed by atoms with Gasteiger partial charge in [-0.1, -0.05) is 6.92 Å². The molecule has 4 nitrogen and oxygen atoms in total. The normalized spacial score (nSPS) is 19.7. The molecule has 2 aliphatic rings. The molecule has 0 radical (unpaired) electrons. The maximum atomic E-state index is 4.56. The number of hydrogen-bond donors (Lipinski definition) is 1. The Morgan fingerprint density at radius 3 is 2.89 bits per heavy atom. The number of piperidine rings is 1. The Hall–Kier alpha value is -1.16. The number of anilines is 1. The molecule has 0 spiro atoms. The van der Waals surface area contributed by atoms with Crippen LogP contribution in [0.15, 0.2) is 6.33 Å². The van der Waals surface area contributed by atoms with Crippen LogP contribution in [0.4, 0.5) is 5.82 Å². The van der Waals surface area contributed by atoms with Gasteiger partial charge in [0.1, 0.15) is 12.1 Å². The molecule has 104 valence electrons. The molecule has 0 bridgehead atoms. The highest BCUT2D eigenvalue weighted by atomic mass is 15.2. The summed E-state index contributed by atoms with van der Waals surface area (Å²) in [6.45, 7) is 5.63. The van der Waals surface area contributed by atoms with Crippen molar-refractivity contribution in [3.05, 3.63) is 17.6 Å². The molecule has 4 heteroatoms. The Kier molecular flexibility index (Phi) is 3.97. The Morgan fingerprint density at radius 2 is 2.11 bits per heavy atom. The number of hydrogen-bond acceptors (Lipinski definition) is 4. The van der Waals surface area contributed by atoms with E-state index < -0.39 is 0 Å². The van der Waals surface area contributed by atoms with Crippen LogP contribution in [0.1, 0.15) is 43.9 Å². The molecule has 2 heterocycles. The zero-order valence-electron chi connectivity index (χ0n) is 11.9. The van der Waals surface area contributed by atoms with Gasteiger partial charge in [-0.15, -0.1) is 0 Å². The Labute approximate surface area is 115 Å². The van der Waals surface area contributed by atoms with Crippen LogP contribution >= 0.6 is 0 Å². The van der Waals surface area contributed by atoms with Crippen molar-refractivity contribution in [3.8, 4) is 0 Å². The van der Waals surface area contributed by atoms with E-state index in [2.05, 4.69) is 27.1 Å². The summed E-state index contributed by atoms with van der Waals surface area (Å²) in [4.78, 5) is 11.4. The summed E-state index contributed by atoms with van der Waals surface area (Å²) < 4.78 is 0. The number of rotatable bonds is 4. The second kappa shape index (κ2) is 5.87. The molecule has 0 aromatic carbocycles. The van der Waals surface area contributed by atoms with Gasteiger partial charge in [-0.25, -0.2) is 9.97 Å². The van der Waals surface area contributed by atoms with E-state index in [1.165, 1.54) is 49.2 Å². The van der Waals surface area contributed by atoms with E-state index in [-0.39, 0.29) is 0 Å². The van der Waals surface area contributed by atoms with Crippen molar-refractivity contribution in [2.75, 3.05) is 24.5 Å². The quantitative estimate of drug-likeness (QED) is 0.898. The lowest BCUT2D eigenvalue weighted by atomic mass is 10.0. The minimum atomic E-state index is 0.700. The predicted molar refractivity (Wildman–Crippen MR) is 77.6 cm³/mol. The van der Waals surface area contributed by atoms with Gasteiger partial charge < -0.3 is 10.2 Å². The van der Waals surface area contributed by atoms with Gasteiger partial charge in [0.25, 0.3) is 0 Å². The molecular weight excluding hydrogens is 236 g/mol. The smallest absolute Gasteiger partial charge is 0.135 e. The van der Waals surface area contributed by atoms with E-state index in [1.54, 1.807) is 6.33 Å². The van der Waals surface area contributed by atoms with Crippen LogP contribution in [0.25, 0.3) is 0 Å². The first-order valence-electron chi connectivity index (χ1n) is 7.69. The summed E-state index contributed by atoms with van der Waals surface area (Å²) in [5.74, 6) is 1.22. The third-order valence-corrected chi connectivity index (χ3v) is 4.33. The first-order chi connectivity index (χ1) is 9.38. The highest BCUT2D eigenvalue weighted by Gasteiger charge is 2.24. The Bertz CT molecular complexity index is 424. The summed E-state index contributed by atoms with van der Waals surface area (Å²) >= 11 is 0. The van der Waals surface area contributed by atoms with E-state index >= 15 is 0 Å². The van der Waals surface area contributed by atoms with Gasteiger partial charge in [-0.3, -0.25) is 0 Å². The fourth-order valence-electron chi connectivity index (χ4n) is 3.26. The molecule has 0 unspecified atom stereocenters. The molecule has 19 heavy (non-hydrogen) atoms. The van der Waals surface area contributed by atoms with Crippen molar-refractivity contribution >= 4 is 5.82 Å². The van der Waals surface area contributed by atoms with Crippen LogP contribution in [0.3, 0.4) is 0 Å². The molecule has 0 atom stereocenters. The van der Waals surface area contributed by atoms with E-state index in [1.807, 2.05) is 0 Å². The molecule has 1 aliphatic heterocycles. The van der Waals surface area contributed by atoms with Crippen LogP contribution in [-0.4, -0.2) is 35.6 Å². The summed E-state index contributed by atoms with van der Waals surface area (Å²) in [6.07, 6.45) is 8.99. The van der Waals surface area contributed by atoms with E-state index in [0.29, 0.717) is 6.04 Å². The number of aromatic nitrogens is 2. The Balaban J connectivity index is 1.64. The van der Waals surface area contributed by atoms with Crippen LogP contribution in [0.5, 0.6) is 0 Å². The van der Waals surface area contributed by atoms with Crippen molar-refractivity contribution in [1.29, 1.82) is 0 Å². The minimum Gasteiger partial charge on any atom is -0.356 e. The summed E-state index contributed by atoms with van der Waals surface area (Å²) in [5.41, 5.74) is 2.71. The average Bonchev–Trinajstić information content (AvgIpc) is 2.94. The van der Waals surface area contributed by atoms with Gasteiger partial charge in [0, 0.05) is 30.4 Å². The molecule has 1 saturated heterocycles. The lowest BCUT2D eigenvalue weighted by Gasteiger charge is -2.34. The second-order valence-corrected chi connectivity index (χ2v) is 5.69.